The molecule has 3 rings (SSSR count). The molecule has 6 heteroatoms. The second-order valence-electron chi connectivity index (χ2n) is 4.46. The van der Waals surface area contributed by atoms with Crippen molar-refractivity contribution in [2.45, 2.75) is 12.1 Å². The third kappa shape index (κ3) is 2.75. The molecule has 0 saturated heterocycles. The van der Waals surface area contributed by atoms with Crippen LogP contribution in [-0.2, 0) is 10.8 Å². The number of oxazole rings is 1. The van der Waals surface area contributed by atoms with Gasteiger partial charge in [-0.1, -0.05) is 30.3 Å². The summed E-state index contributed by atoms with van der Waals surface area (Å²) in [6.07, 6.45) is 3.12. The lowest BCUT2D eigenvalue weighted by Gasteiger charge is -2.02. The number of nitrogens with zero attached hydrogens (tertiary/aromatic N) is 3. The normalized spacial score (nSPS) is 12.3. The smallest absolute Gasteiger partial charge is 0.218 e. The molecule has 0 aliphatic rings. The zero-order valence-electron chi connectivity index (χ0n) is 11.6. The van der Waals surface area contributed by atoms with Gasteiger partial charge in [-0.2, -0.15) is 0 Å². The maximum absolute atomic E-state index is 11.5. The van der Waals surface area contributed by atoms with Gasteiger partial charge >= 0.3 is 0 Å². The van der Waals surface area contributed by atoms with Gasteiger partial charge in [0, 0.05) is 24.9 Å². The lowest BCUT2D eigenvalue weighted by Crippen LogP contribution is -1.97. The molecule has 5 nitrogen and oxygen atoms in total. The highest BCUT2D eigenvalue weighted by Crippen LogP contribution is 2.31. The van der Waals surface area contributed by atoms with Crippen LogP contribution in [0.3, 0.4) is 0 Å². The Morgan fingerprint density at radius 3 is 2.57 bits per heavy atom. The minimum absolute atomic E-state index is 0.278. The fraction of sp³-hybridized carbons (Fsp3) is 0.133. The first kappa shape index (κ1) is 13.6. The first-order valence-electron chi connectivity index (χ1n) is 6.35. The number of aromatic nitrogens is 3. The monoisotopic (exact) mass is 299 g/mol. The van der Waals surface area contributed by atoms with Gasteiger partial charge in [-0.3, -0.25) is 4.21 Å². The van der Waals surface area contributed by atoms with E-state index in [9.17, 15) is 4.21 Å². The number of aryl methyl sites for hydroxylation is 1. The van der Waals surface area contributed by atoms with Crippen LogP contribution in [0.5, 0.6) is 0 Å². The molecule has 1 aromatic carbocycles. The van der Waals surface area contributed by atoms with Crippen LogP contribution in [-0.4, -0.2) is 25.4 Å². The lowest BCUT2D eigenvalue weighted by atomic mass is 10.1. The largest absolute Gasteiger partial charge is 0.439 e. The molecular formula is C15H13N3O2S. The zero-order valence-corrected chi connectivity index (χ0v) is 12.4. The van der Waals surface area contributed by atoms with Crippen LogP contribution in [0.2, 0.25) is 0 Å². The minimum Gasteiger partial charge on any atom is -0.439 e. The molecule has 2 heterocycles. The summed E-state index contributed by atoms with van der Waals surface area (Å²) in [6.45, 7) is 1.79. The fourth-order valence-corrected chi connectivity index (χ4v) is 2.43. The van der Waals surface area contributed by atoms with Crippen molar-refractivity contribution in [3.8, 4) is 22.7 Å². The summed E-state index contributed by atoms with van der Waals surface area (Å²) in [5, 5.41) is 0.278. The Kier molecular flexibility index (Phi) is 3.62. The van der Waals surface area contributed by atoms with Crippen molar-refractivity contribution in [3.63, 3.8) is 0 Å². The summed E-state index contributed by atoms with van der Waals surface area (Å²) < 4.78 is 17.2. The van der Waals surface area contributed by atoms with Crippen LogP contribution in [0.1, 0.15) is 5.89 Å². The van der Waals surface area contributed by atoms with E-state index >= 15 is 0 Å². The molecular weight excluding hydrogens is 286 g/mol. The molecule has 0 bridgehead atoms. The molecule has 1 atom stereocenters. The van der Waals surface area contributed by atoms with Crippen LogP contribution < -0.4 is 0 Å². The van der Waals surface area contributed by atoms with Crippen LogP contribution >= 0.6 is 0 Å². The van der Waals surface area contributed by atoms with Gasteiger partial charge in [0.1, 0.15) is 11.4 Å². The quantitative estimate of drug-likeness (QED) is 0.696. The number of benzene rings is 1. The first-order chi connectivity index (χ1) is 10.1. The minimum atomic E-state index is -1.24. The maximum atomic E-state index is 11.5. The van der Waals surface area contributed by atoms with Crippen molar-refractivity contribution in [2.24, 2.45) is 0 Å². The van der Waals surface area contributed by atoms with Gasteiger partial charge in [-0.25, -0.2) is 15.0 Å². The van der Waals surface area contributed by atoms with Crippen LogP contribution in [0.15, 0.2) is 52.2 Å². The predicted molar refractivity (Wildman–Crippen MR) is 80.0 cm³/mol. The molecule has 0 radical (unpaired) electrons. The maximum Gasteiger partial charge on any atom is 0.218 e. The number of hydrogen-bond donors (Lipinski definition) is 0. The molecule has 0 N–H and O–H groups in total. The van der Waals surface area contributed by atoms with Gasteiger partial charge in [0.05, 0.1) is 10.8 Å². The zero-order chi connectivity index (χ0) is 14.8. The number of hydrogen-bond acceptors (Lipinski definition) is 5. The van der Waals surface area contributed by atoms with Gasteiger partial charge in [0.15, 0.2) is 11.7 Å². The Morgan fingerprint density at radius 2 is 1.86 bits per heavy atom. The molecule has 3 aromatic rings. The fourth-order valence-electron chi connectivity index (χ4n) is 2.00. The van der Waals surface area contributed by atoms with Crippen LogP contribution in [0.25, 0.3) is 22.7 Å². The molecule has 1 unspecified atom stereocenters. The van der Waals surface area contributed by atoms with E-state index in [1.165, 1.54) is 0 Å². The lowest BCUT2D eigenvalue weighted by molar-refractivity contribution is 0.532. The van der Waals surface area contributed by atoms with E-state index in [2.05, 4.69) is 15.0 Å². The summed E-state index contributed by atoms with van der Waals surface area (Å²) in [5.41, 5.74) is 2.25. The van der Waals surface area contributed by atoms with E-state index in [0.29, 0.717) is 17.3 Å². The predicted octanol–water partition coefficient (Wildman–Crippen LogP) is 2.84. The summed E-state index contributed by atoms with van der Waals surface area (Å²) in [7, 11) is -1.24. The van der Waals surface area contributed by atoms with Crippen LogP contribution in [0, 0.1) is 6.92 Å². The van der Waals surface area contributed by atoms with Crippen LogP contribution in [0.4, 0.5) is 0 Å². The average molecular weight is 299 g/mol. The Hall–Kier alpha value is -2.34. The second kappa shape index (κ2) is 5.57. The Morgan fingerprint density at radius 1 is 1.10 bits per heavy atom. The summed E-state index contributed by atoms with van der Waals surface area (Å²) in [6, 6.07) is 11.5. The SMILES string of the molecule is Cc1nc(-c2ccccc2)c(-c2ccnc(S(C)=O)n2)o1. The van der Waals surface area contributed by atoms with Crippen molar-refractivity contribution in [3.05, 3.63) is 48.5 Å². The van der Waals surface area contributed by atoms with E-state index in [-0.39, 0.29) is 5.16 Å². The Balaban J connectivity index is 2.15. The van der Waals surface area contributed by atoms with E-state index < -0.39 is 10.8 Å². The Bertz CT molecular complexity index is 800. The van der Waals surface area contributed by atoms with Crippen molar-refractivity contribution in [1.82, 2.24) is 15.0 Å². The second-order valence-corrected chi connectivity index (χ2v) is 5.73. The average Bonchev–Trinajstić information content (AvgIpc) is 2.90. The van der Waals surface area contributed by atoms with E-state index in [1.807, 2.05) is 30.3 Å². The topological polar surface area (TPSA) is 68.9 Å². The van der Waals surface area contributed by atoms with Gasteiger partial charge < -0.3 is 4.42 Å². The van der Waals surface area contributed by atoms with Gasteiger partial charge in [-0.05, 0) is 6.07 Å². The van der Waals surface area contributed by atoms with Crippen molar-refractivity contribution < 1.29 is 8.63 Å². The third-order valence-electron chi connectivity index (χ3n) is 2.90. The van der Waals surface area contributed by atoms with E-state index in [0.717, 1.165) is 11.3 Å². The third-order valence-corrected chi connectivity index (χ3v) is 3.62. The van der Waals surface area contributed by atoms with Crippen molar-refractivity contribution >= 4 is 10.8 Å². The standard InChI is InChI=1S/C15H13N3O2S/c1-10-17-13(11-6-4-3-5-7-11)14(20-10)12-8-9-16-15(18-12)21(2)19/h3-9H,1-2H3. The van der Waals surface area contributed by atoms with Crippen molar-refractivity contribution in [1.29, 1.82) is 0 Å². The molecule has 0 saturated carbocycles. The van der Waals surface area contributed by atoms with Gasteiger partial charge in [-0.15, -0.1) is 0 Å². The highest BCUT2D eigenvalue weighted by Gasteiger charge is 2.17. The van der Waals surface area contributed by atoms with Gasteiger partial charge in [0.2, 0.25) is 5.16 Å². The summed E-state index contributed by atoms with van der Waals surface area (Å²) in [4.78, 5) is 12.7. The molecule has 0 aliphatic carbocycles. The number of rotatable bonds is 3. The van der Waals surface area contributed by atoms with Crippen molar-refractivity contribution in [2.75, 3.05) is 6.26 Å². The first-order valence-corrected chi connectivity index (χ1v) is 7.90. The molecule has 0 spiro atoms. The molecule has 21 heavy (non-hydrogen) atoms. The molecule has 0 fully saturated rings. The molecule has 0 amide bonds. The van der Waals surface area contributed by atoms with E-state index in [4.69, 9.17) is 4.42 Å². The highest BCUT2D eigenvalue weighted by atomic mass is 32.2. The molecule has 106 valence electrons. The van der Waals surface area contributed by atoms with Gasteiger partial charge in [0.25, 0.3) is 0 Å². The summed E-state index contributed by atoms with van der Waals surface area (Å²) in [5.74, 6) is 1.12. The highest BCUT2D eigenvalue weighted by molar-refractivity contribution is 7.84. The molecule has 0 aliphatic heterocycles. The molecule has 2 aromatic heterocycles. The van der Waals surface area contributed by atoms with E-state index in [1.54, 1.807) is 25.4 Å². The summed E-state index contributed by atoms with van der Waals surface area (Å²) >= 11 is 0. The Labute approximate surface area is 124 Å².